The van der Waals surface area contributed by atoms with Crippen molar-refractivity contribution in [2.24, 2.45) is 5.41 Å². The van der Waals surface area contributed by atoms with E-state index in [1.807, 2.05) is 0 Å². The first-order valence-corrected chi connectivity index (χ1v) is 6.03. The molecule has 0 aromatic carbocycles. The van der Waals surface area contributed by atoms with Gasteiger partial charge in [-0.05, 0) is 30.1 Å². The molecule has 0 aromatic rings. The van der Waals surface area contributed by atoms with Gasteiger partial charge in [0.1, 0.15) is 0 Å². The van der Waals surface area contributed by atoms with Crippen molar-refractivity contribution in [3.8, 4) is 0 Å². The summed E-state index contributed by atoms with van der Waals surface area (Å²) in [4.78, 5) is 10.7. The Morgan fingerprint density at radius 1 is 1.33 bits per heavy atom. The molecule has 0 unspecified atom stereocenters. The monoisotopic (exact) mass is 282 g/mol. The van der Waals surface area contributed by atoms with Gasteiger partial charge in [-0.2, -0.15) is 0 Å². The number of carbonyl (C=O) groups is 1. The SMILES string of the molecule is O=C(O)C1(CCCCCI)CC1. The van der Waals surface area contributed by atoms with Gasteiger partial charge in [0.15, 0.2) is 0 Å². The average molecular weight is 282 g/mol. The summed E-state index contributed by atoms with van der Waals surface area (Å²) in [6.07, 6.45) is 6.24. The Balaban J connectivity index is 2.10. The zero-order chi connectivity index (χ0) is 9.03. The minimum atomic E-state index is -0.572. The Morgan fingerprint density at radius 3 is 2.42 bits per heavy atom. The molecule has 0 radical (unpaired) electrons. The summed E-state index contributed by atoms with van der Waals surface area (Å²) in [5, 5.41) is 8.86. The highest BCUT2D eigenvalue weighted by Gasteiger charge is 2.49. The van der Waals surface area contributed by atoms with Crippen molar-refractivity contribution in [1.82, 2.24) is 0 Å². The maximum atomic E-state index is 10.7. The molecule has 70 valence electrons. The van der Waals surface area contributed by atoms with E-state index < -0.39 is 5.97 Å². The van der Waals surface area contributed by atoms with Crippen LogP contribution in [-0.4, -0.2) is 15.5 Å². The molecule has 1 aliphatic rings. The summed E-state index contributed by atoms with van der Waals surface area (Å²) in [6.45, 7) is 0. The highest BCUT2D eigenvalue weighted by atomic mass is 127. The van der Waals surface area contributed by atoms with E-state index in [4.69, 9.17) is 5.11 Å². The predicted molar refractivity (Wildman–Crippen MR) is 56.7 cm³/mol. The van der Waals surface area contributed by atoms with Gasteiger partial charge in [-0.15, -0.1) is 0 Å². The lowest BCUT2D eigenvalue weighted by molar-refractivity contribution is -0.143. The highest BCUT2D eigenvalue weighted by molar-refractivity contribution is 14.1. The number of hydrogen-bond donors (Lipinski definition) is 1. The molecule has 1 N–H and O–H groups in total. The predicted octanol–water partition coefficient (Wildman–Crippen LogP) is 2.85. The summed E-state index contributed by atoms with van der Waals surface area (Å²) < 4.78 is 1.19. The summed E-state index contributed by atoms with van der Waals surface area (Å²) in [6, 6.07) is 0. The number of unbranched alkanes of at least 4 members (excludes halogenated alkanes) is 2. The van der Waals surface area contributed by atoms with Crippen molar-refractivity contribution in [3.05, 3.63) is 0 Å². The van der Waals surface area contributed by atoms with E-state index >= 15 is 0 Å². The lowest BCUT2D eigenvalue weighted by Gasteiger charge is -2.07. The van der Waals surface area contributed by atoms with Crippen molar-refractivity contribution in [2.45, 2.75) is 38.5 Å². The Hall–Kier alpha value is 0.200. The second-order valence-corrected chi connectivity index (χ2v) is 4.66. The zero-order valence-corrected chi connectivity index (χ0v) is 9.34. The van der Waals surface area contributed by atoms with E-state index in [0.717, 1.165) is 25.7 Å². The van der Waals surface area contributed by atoms with Crippen LogP contribution in [0.5, 0.6) is 0 Å². The third kappa shape index (κ3) is 2.61. The van der Waals surface area contributed by atoms with Crippen molar-refractivity contribution < 1.29 is 9.90 Å². The highest BCUT2D eigenvalue weighted by Crippen LogP contribution is 2.50. The molecule has 2 nitrogen and oxygen atoms in total. The van der Waals surface area contributed by atoms with Gasteiger partial charge in [0.25, 0.3) is 0 Å². The van der Waals surface area contributed by atoms with E-state index in [0.29, 0.717) is 0 Å². The second-order valence-electron chi connectivity index (χ2n) is 3.59. The number of alkyl halides is 1. The maximum Gasteiger partial charge on any atom is 0.309 e. The molecule has 1 aliphatic carbocycles. The molecule has 0 bridgehead atoms. The summed E-state index contributed by atoms with van der Waals surface area (Å²) in [5.74, 6) is -0.572. The Morgan fingerprint density at radius 2 is 2.00 bits per heavy atom. The number of aliphatic carboxylic acids is 1. The van der Waals surface area contributed by atoms with Gasteiger partial charge in [0.05, 0.1) is 5.41 Å². The maximum absolute atomic E-state index is 10.7. The Labute approximate surface area is 86.9 Å². The number of rotatable bonds is 6. The Kier molecular flexibility index (Phi) is 3.80. The van der Waals surface area contributed by atoms with Gasteiger partial charge < -0.3 is 5.11 Å². The van der Waals surface area contributed by atoms with Crippen LogP contribution in [0.2, 0.25) is 0 Å². The Bertz CT molecular complexity index is 164. The van der Waals surface area contributed by atoms with Gasteiger partial charge in [-0.3, -0.25) is 4.79 Å². The van der Waals surface area contributed by atoms with Gasteiger partial charge in [-0.1, -0.05) is 35.4 Å². The number of hydrogen-bond acceptors (Lipinski definition) is 1. The first-order valence-electron chi connectivity index (χ1n) is 4.51. The molecule has 3 heteroatoms. The van der Waals surface area contributed by atoms with Gasteiger partial charge in [0, 0.05) is 0 Å². The van der Waals surface area contributed by atoms with E-state index in [2.05, 4.69) is 22.6 Å². The fourth-order valence-electron chi connectivity index (χ4n) is 1.46. The molecule has 0 aliphatic heterocycles. The number of carboxylic acid groups (broad SMARTS) is 1. The van der Waals surface area contributed by atoms with E-state index in [1.165, 1.54) is 17.3 Å². The topological polar surface area (TPSA) is 37.3 Å². The van der Waals surface area contributed by atoms with Crippen LogP contribution in [-0.2, 0) is 4.79 Å². The zero-order valence-electron chi connectivity index (χ0n) is 7.18. The third-order valence-corrected chi connectivity index (χ3v) is 3.36. The van der Waals surface area contributed by atoms with Crippen molar-refractivity contribution in [1.29, 1.82) is 0 Å². The fourth-order valence-corrected chi connectivity index (χ4v) is 2.00. The largest absolute Gasteiger partial charge is 0.481 e. The van der Waals surface area contributed by atoms with Crippen LogP contribution >= 0.6 is 22.6 Å². The van der Waals surface area contributed by atoms with Crippen molar-refractivity contribution in [3.63, 3.8) is 0 Å². The molecular weight excluding hydrogens is 267 g/mol. The normalized spacial score (nSPS) is 19.1. The van der Waals surface area contributed by atoms with E-state index in [1.54, 1.807) is 0 Å². The van der Waals surface area contributed by atoms with Gasteiger partial charge >= 0.3 is 5.97 Å². The fraction of sp³-hybridized carbons (Fsp3) is 0.889. The lowest BCUT2D eigenvalue weighted by Crippen LogP contribution is -2.14. The molecule has 0 saturated heterocycles. The molecule has 0 amide bonds. The molecule has 12 heavy (non-hydrogen) atoms. The molecule has 1 saturated carbocycles. The number of carboxylic acids is 1. The first-order chi connectivity index (χ1) is 5.71. The number of halogens is 1. The van der Waals surface area contributed by atoms with E-state index in [9.17, 15) is 4.79 Å². The van der Waals surface area contributed by atoms with Crippen LogP contribution < -0.4 is 0 Å². The van der Waals surface area contributed by atoms with Gasteiger partial charge in [-0.25, -0.2) is 0 Å². The quantitative estimate of drug-likeness (QED) is 0.462. The minimum absolute atomic E-state index is 0.286. The standard InChI is InChI=1S/C9H15IO2/c10-7-3-1-2-4-9(5-6-9)8(11)12/h1-7H2,(H,11,12). The summed E-state index contributed by atoms with van der Waals surface area (Å²) in [7, 11) is 0. The van der Waals surface area contributed by atoms with Crippen LogP contribution in [0, 0.1) is 5.41 Å². The smallest absolute Gasteiger partial charge is 0.309 e. The second kappa shape index (κ2) is 4.44. The molecule has 0 spiro atoms. The molecule has 1 fully saturated rings. The van der Waals surface area contributed by atoms with Crippen molar-refractivity contribution in [2.75, 3.05) is 4.43 Å². The minimum Gasteiger partial charge on any atom is -0.481 e. The molecular formula is C9H15IO2. The van der Waals surface area contributed by atoms with Crippen LogP contribution in [0.15, 0.2) is 0 Å². The summed E-state index contributed by atoms with van der Waals surface area (Å²) >= 11 is 2.36. The van der Waals surface area contributed by atoms with Crippen LogP contribution in [0.3, 0.4) is 0 Å². The lowest BCUT2D eigenvalue weighted by atomic mass is 9.99. The van der Waals surface area contributed by atoms with E-state index in [-0.39, 0.29) is 5.41 Å². The van der Waals surface area contributed by atoms with Crippen molar-refractivity contribution >= 4 is 28.6 Å². The molecule has 0 heterocycles. The van der Waals surface area contributed by atoms with Crippen LogP contribution in [0.25, 0.3) is 0 Å². The summed E-state index contributed by atoms with van der Waals surface area (Å²) in [5.41, 5.74) is -0.286. The van der Waals surface area contributed by atoms with Crippen LogP contribution in [0.4, 0.5) is 0 Å². The molecule has 0 atom stereocenters. The van der Waals surface area contributed by atoms with Gasteiger partial charge in [0.2, 0.25) is 0 Å². The third-order valence-electron chi connectivity index (χ3n) is 2.60. The average Bonchev–Trinajstić information content (AvgIpc) is 2.79. The molecule has 0 aromatic heterocycles. The first kappa shape index (κ1) is 10.3. The molecule has 1 rings (SSSR count). The van der Waals surface area contributed by atoms with Crippen LogP contribution in [0.1, 0.15) is 38.5 Å².